The maximum absolute atomic E-state index is 12.8. The number of amides is 4. The van der Waals surface area contributed by atoms with Crippen LogP contribution in [0.15, 0.2) is 18.2 Å². The summed E-state index contributed by atoms with van der Waals surface area (Å²) in [6.45, 7) is 1.69. The van der Waals surface area contributed by atoms with E-state index in [-0.39, 0.29) is 60.3 Å². The molecule has 35 heavy (non-hydrogen) atoms. The molecule has 1 saturated carbocycles. The zero-order chi connectivity index (χ0) is 25.4. The van der Waals surface area contributed by atoms with Crippen molar-refractivity contribution in [2.24, 2.45) is 11.1 Å². The number of nitrogens with zero attached hydrogens (tertiary/aromatic N) is 3. The second-order valence-corrected chi connectivity index (χ2v) is 10.3. The van der Waals surface area contributed by atoms with Gasteiger partial charge in [0, 0.05) is 37.7 Å². The fourth-order valence-corrected chi connectivity index (χ4v) is 5.66. The number of benzene rings is 1. The summed E-state index contributed by atoms with van der Waals surface area (Å²) < 4.78 is -0.535. The summed E-state index contributed by atoms with van der Waals surface area (Å²) in [4.78, 5) is 52.6. The highest BCUT2D eigenvalue weighted by atomic mass is 35.5. The maximum Gasteiger partial charge on any atom is 0.518 e. The van der Waals surface area contributed by atoms with E-state index in [4.69, 9.17) is 17.3 Å². The van der Waals surface area contributed by atoms with E-state index in [9.17, 15) is 29.4 Å². The third kappa shape index (κ3) is 5.00. The minimum absolute atomic E-state index is 0.00848. The Hall–Kier alpha value is -2.69. The molecule has 3 fully saturated rings. The third-order valence-electron chi connectivity index (χ3n) is 7.91. The SMILES string of the molecule is NC(=O)c1ccc([N+]2(C(=O)O)CCC(=O)N(CCCC(=O)N3CCC4(CC4)[C@H](O)C3)CC2)c(Cl)c1. The Kier molecular flexibility index (Phi) is 7.08. The van der Waals surface area contributed by atoms with Gasteiger partial charge in [0.05, 0.1) is 19.1 Å². The first-order valence-corrected chi connectivity index (χ1v) is 12.4. The number of halogens is 1. The van der Waals surface area contributed by atoms with Crippen LogP contribution >= 0.6 is 11.6 Å². The van der Waals surface area contributed by atoms with Crippen LogP contribution < -0.4 is 10.2 Å². The Morgan fingerprint density at radius 1 is 1.17 bits per heavy atom. The summed E-state index contributed by atoms with van der Waals surface area (Å²) in [6.07, 6.45) is 2.04. The average Bonchev–Trinajstić information content (AvgIpc) is 3.61. The number of quaternary nitrogens is 1. The molecule has 4 N–H and O–H groups in total. The minimum atomic E-state index is -1.14. The van der Waals surface area contributed by atoms with Gasteiger partial charge >= 0.3 is 6.09 Å². The van der Waals surface area contributed by atoms with Crippen LogP contribution in [0, 0.1) is 5.41 Å². The lowest BCUT2D eigenvalue weighted by molar-refractivity contribution is -0.137. The third-order valence-corrected chi connectivity index (χ3v) is 8.22. The van der Waals surface area contributed by atoms with Gasteiger partial charge in [-0.1, -0.05) is 11.6 Å². The fourth-order valence-electron chi connectivity index (χ4n) is 5.32. The van der Waals surface area contributed by atoms with Gasteiger partial charge < -0.3 is 25.7 Å². The first-order valence-electron chi connectivity index (χ1n) is 12.0. The van der Waals surface area contributed by atoms with Gasteiger partial charge in [0.25, 0.3) is 0 Å². The Bertz CT molecular complexity index is 1040. The molecule has 1 unspecified atom stereocenters. The lowest BCUT2D eigenvalue weighted by atomic mass is 9.90. The van der Waals surface area contributed by atoms with Crippen molar-refractivity contribution >= 4 is 41.1 Å². The number of hydrogen-bond donors (Lipinski definition) is 3. The van der Waals surface area contributed by atoms with Crippen LogP contribution in [0.4, 0.5) is 10.5 Å². The number of nitrogens with two attached hydrogens (primary N) is 1. The number of piperidine rings is 1. The van der Waals surface area contributed by atoms with Crippen LogP contribution in [0.1, 0.15) is 48.9 Å². The molecule has 2 aliphatic heterocycles. The van der Waals surface area contributed by atoms with Gasteiger partial charge in [-0.15, -0.1) is 0 Å². The van der Waals surface area contributed by atoms with Crippen LogP contribution in [-0.2, 0) is 9.59 Å². The number of primary amides is 1. The standard InChI is InChI=1S/C24H31ClN4O6/c25-17-14-16(22(26)33)3-4-18(17)29(23(34)35)12-5-21(32)27(11-13-29)9-1-2-20(31)28-10-8-24(6-7-24)19(30)15-28/h3-4,14,19,30H,1-2,5-13,15H2,(H2-,26,33,34,35)/p+1/t19-,29?/m1/s1. The molecule has 4 amide bonds. The van der Waals surface area contributed by atoms with Crippen LogP contribution in [0.5, 0.6) is 0 Å². The number of aliphatic hydroxyl groups excluding tert-OH is 1. The zero-order valence-corrected chi connectivity index (χ0v) is 20.4. The number of hydrogen-bond acceptors (Lipinski definition) is 5. The first kappa shape index (κ1) is 25.4. The molecule has 190 valence electrons. The Morgan fingerprint density at radius 2 is 1.91 bits per heavy atom. The predicted molar refractivity (Wildman–Crippen MR) is 129 cm³/mol. The maximum atomic E-state index is 12.8. The predicted octanol–water partition coefficient (Wildman–Crippen LogP) is 1.81. The topological polar surface area (TPSA) is 141 Å². The molecule has 4 rings (SSSR count). The van der Waals surface area contributed by atoms with E-state index in [1.165, 1.54) is 18.2 Å². The monoisotopic (exact) mass is 507 g/mol. The van der Waals surface area contributed by atoms with Crippen molar-refractivity contribution in [3.8, 4) is 0 Å². The number of carbonyl (C=O) groups is 4. The molecule has 0 radical (unpaired) electrons. The highest BCUT2D eigenvalue weighted by molar-refractivity contribution is 6.33. The summed E-state index contributed by atoms with van der Waals surface area (Å²) in [5, 5.41) is 20.6. The highest BCUT2D eigenvalue weighted by Crippen LogP contribution is 2.53. The Balaban J connectivity index is 1.37. The summed E-state index contributed by atoms with van der Waals surface area (Å²) in [7, 11) is 0. The Morgan fingerprint density at radius 3 is 2.51 bits per heavy atom. The molecular weight excluding hydrogens is 476 g/mol. The smallest absolute Gasteiger partial charge is 0.435 e. The van der Waals surface area contributed by atoms with E-state index in [0.717, 1.165) is 19.3 Å². The number of β-amino-alcohol motifs (C(OH)–C–C–N with tert-alkyl or cyclic N) is 1. The van der Waals surface area contributed by atoms with Crippen molar-refractivity contribution in [3.63, 3.8) is 0 Å². The van der Waals surface area contributed by atoms with Gasteiger partial charge in [0.2, 0.25) is 17.7 Å². The second kappa shape index (κ2) is 9.75. The average molecular weight is 508 g/mol. The van der Waals surface area contributed by atoms with E-state index in [0.29, 0.717) is 31.7 Å². The minimum Gasteiger partial charge on any atom is -0.435 e. The molecule has 11 heteroatoms. The summed E-state index contributed by atoms with van der Waals surface area (Å²) in [5.41, 5.74) is 5.80. The molecular formula is C24H32ClN4O6+. The van der Waals surface area contributed by atoms with Crippen LogP contribution in [0.3, 0.4) is 0 Å². The van der Waals surface area contributed by atoms with Gasteiger partial charge in [0.1, 0.15) is 18.1 Å². The van der Waals surface area contributed by atoms with E-state index in [1.54, 1.807) is 9.80 Å². The molecule has 10 nitrogen and oxygen atoms in total. The lowest BCUT2D eigenvalue weighted by Gasteiger charge is -2.36. The van der Waals surface area contributed by atoms with Crippen molar-refractivity contribution in [2.75, 3.05) is 39.3 Å². The zero-order valence-electron chi connectivity index (χ0n) is 19.6. The molecule has 1 aliphatic carbocycles. The summed E-state index contributed by atoms with van der Waals surface area (Å²) >= 11 is 6.35. The quantitative estimate of drug-likeness (QED) is 0.501. The van der Waals surface area contributed by atoms with Gasteiger partial charge in [-0.25, -0.2) is 0 Å². The fraction of sp³-hybridized carbons (Fsp3) is 0.583. The number of rotatable bonds is 6. The molecule has 1 aromatic rings. The number of carboxylic acid groups (broad SMARTS) is 1. The number of carbonyl (C=O) groups excluding carboxylic acids is 3. The molecule has 2 atom stereocenters. The van der Waals surface area contributed by atoms with Crippen LogP contribution in [0.25, 0.3) is 0 Å². The van der Waals surface area contributed by atoms with E-state index in [2.05, 4.69) is 0 Å². The van der Waals surface area contributed by atoms with Gasteiger partial charge in [-0.05, 0) is 43.2 Å². The van der Waals surface area contributed by atoms with Gasteiger partial charge in [-0.3, -0.25) is 14.4 Å². The molecule has 1 aromatic carbocycles. The van der Waals surface area contributed by atoms with Crippen molar-refractivity contribution < 1.29 is 29.4 Å². The first-order chi connectivity index (χ1) is 16.6. The number of aliphatic hydroxyl groups is 1. The second-order valence-electron chi connectivity index (χ2n) is 9.93. The largest absolute Gasteiger partial charge is 0.518 e. The van der Waals surface area contributed by atoms with E-state index >= 15 is 0 Å². The lowest BCUT2D eigenvalue weighted by Crippen LogP contribution is -2.55. The molecule has 0 bridgehead atoms. The van der Waals surface area contributed by atoms with Crippen molar-refractivity contribution in [2.45, 2.75) is 44.6 Å². The van der Waals surface area contributed by atoms with Crippen molar-refractivity contribution in [1.82, 2.24) is 14.3 Å². The van der Waals surface area contributed by atoms with Gasteiger partial charge in [0.15, 0.2) is 5.69 Å². The van der Waals surface area contributed by atoms with Crippen LogP contribution in [0.2, 0.25) is 5.02 Å². The van der Waals surface area contributed by atoms with Crippen molar-refractivity contribution in [3.05, 3.63) is 28.8 Å². The number of likely N-dealkylation sites (tertiary alicyclic amines) is 1. The molecule has 2 heterocycles. The Labute approximate surface area is 208 Å². The molecule has 1 spiro atoms. The van der Waals surface area contributed by atoms with Gasteiger partial charge in [-0.2, -0.15) is 9.28 Å². The molecule has 0 aromatic heterocycles. The van der Waals surface area contributed by atoms with Crippen molar-refractivity contribution in [1.29, 1.82) is 0 Å². The van der Waals surface area contributed by atoms with E-state index in [1.807, 2.05) is 0 Å². The molecule has 3 aliphatic rings. The summed E-state index contributed by atoms with van der Waals surface area (Å²) in [6, 6.07) is 4.26. The normalized spacial score (nSPS) is 25.9. The van der Waals surface area contributed by atoms with Crippen LogP contribution in [-0.4, -0.2) is 89.2 Å². The highest BCUT2D eigenvalue weighted by Gasteiger charge is 2.51. The summed E-state index contributed by atoms with van der Waals surface area (Å²) in [5.74, 6) is -0.871. The molecule has 2 saturated heterocycles. The van der Waals surface area contributed by atoms with E-state index < -0.39 is 22.6 Å².